The third kappa shape index (κ3) is 7.77. The van der Waals surface area contributed by atoms with Gasteiger partial charge in [-0.25, -0.2) is 0 Å². The topological polar surface area (TPSA) is 130 Å². The minimum atomic E-state index is -0.00453. The van der Waals surface area contributed by atoms with E-state index in [-0.39, 0.29) is 25.2 Å². The van der Waals surface area contributed by atoms with Gasteiger partial charge in [0.2, 0.25) is 0 Å². The van der Waals surface area contributed by atoms with Crippen LogP contribution in [-0.2, 0) is 4.74 Å². The monoisotopic (exact) mass is 468 g/mol. The van der Waals surface area contributed by atoms with Gasteiger partial charge < -0.3 is 4.74 Å². The van der Waals surface area contributed by atoms with Crippen LogP contribution in [0.2, 0.25) is 0 Å². The summed E-state index contributed by atoms with van der Waals surface area (Å²) in [5.74, 6) is 1.36. The first-order valence-electron chi connectivity index (χ1n) is 13.2. The van der Waals surface area contributed by atoms with Gasteiger partial charge in [-0.3, -0.25) is 53.2 Å². The average Bonchev–Trinajstić information content (AvgIpc) is 2.89. The molecular weight excluding hydrogens is 420 g/mol. The molecule has 33 heavy (non-hydrogen) atoms. The predicted octanol–water partition coefficient (Wildman–Crippen LogP) is -0.952. The second kappa shape index (κ2) is 13.6. The number of rotatable bonds is 10. The highest BCUT2D eigenvalue weighted by Crippen LogP contribution is 2.27. The zero-order valence-corrected chi connectivity index (χ0v) is 20.5. The van der Waals surface area contributed by atoms with E-state index in [4.69, 9.17) is 4.74 Å². The van der Waals surface area contributed by atoms with Crippen LogP contribution in [-0.4, -0.2) is 65.0 Å². The zero-order chi connectivity index (χ0) is 22.9. The lowest BCUT2D eigenvalue weighted by atomic mass is 9.86. The molecule has 0 amide bonds. The minimum Gasteiger partial charge on any atom is -0.351 e. The molecule has 0 spiro atoms. The largest absolute Gasteiger partial charge is 0.351 e. The first kappa shape index (κ1) is 25.6. The first-order valence-corrected chi connectivity index (χ1v) is 13.2. The molecule has 0 aromatic carbocycles. The molecule has 0 bridgehead atoms. The summed E-state index contributed by atoms with van der Waals surface area (Å²) in [7, 11) is 3.95. The van der Waals surface area contributed by atoms with E-state index in [1.807, 2.05) is 14.1 Å². The van der Waals surface area contributed by atoms with Crippen LogP contribution >= 0.6 is 0 Å². The van der Waals surface area contributed by atoms with Crippen molar-refractivity contribution in [3.63, 3.8) is 0 Å². The van der Waals surface area contributed by atoms with Crippen molar-refractivity contribution < 1.29 is 4.74 Å². The van der Waals surface area contributed by atoms with Gasteiger partial charge in [0.05, 0.1) is 12.3 Å². The Bertz CT molecular complexity index is 499. The maximum absolute atomic E-state index is 5.87. The van der Waals surface area contributed by atoms with E-state index in [0.29, 0.717) is 37.6 Å². The lowest BCUT2D eigenvalue weighted by molar-refractivity contribution is 0.0329. The Kier molecular flexibility index (Phi) is 10.6. The lowest BCUT2D eigenvalue weighted by Gasteiger charge is -2.43. The third-order valence-electron chi connectivity index (χ3n) is 7.65. The Morgan fingerprint density at radius 1 is 0.545 bits per heavy atom. The van der Waals surface area contributed by atoms with Crippen LogP contribution in [0.1, 0.15) is 64.2 Å². The van der Waals surface area contributed by atoms with E-state index in [0.717, 1.165) is 0 Å². The molecule has 2 aliphatic heterocycles. The SMILES string of the molecule is CNC1NC(NCOCNC2NC(NC)NC(C3CCCCC3)N2)NC(C2CCCCC2)N1. The maximum atomic E-state index is 5.87. The third-order valence-corrected chi connectivity index (χ3v) is 7.65. The molecule has 6 unspecified atom stereocenters. The summed E-state index contributed by atoms with van der Waals surface area (Å²) in [6, 6.07) is 0. The number of ether oxygens (including phenoxy) is 1. The zero-order valence-electron chi connectivity index (χ0n) is 20.5. The summed E-state index contributed by atoms with van der Waals surface area (Å²) in [5.41, 5.74) is 0. The lowest BCUT2D eigenvalue weighted by Crippen LogP contribution is -2.76. The van der Waals surface area contributed by atoms with Crippen LogP contribution in [0.4, 0.5) is 0 Å². The number of hydrogen-bond donors (Lipinski definition) is 10. The van der Waals surface area contributed by atoms with Crippen LogP contribution in [0.5, 0.6) is 0 Å². The Labute approximate surface area is 199 Å². The second-order valence-electron chi connectivity index (χ2n) is 9.96. The molecular formula is C22H48N10O. The molecule has 2 saturated carbocycles. The molecule has 0 aromatic rings. The molecule has 2 heterocycles. The van der Waals surface area contributed by atoms with Gasteiger partial charge in [0.15, 0.2) is 0 Å². The fraction of sp³-hybridized carbons (Fsp3) is 1.00. The van der Waals surface area contributed by atoms with Gasteiger partial charge >= 0.3 is 0 Å². The van der Waals surface area contributed by atoms with Gasteiger partial charge in [0, 0.05) is 0 Å². The van der Waals surface area contributed by atoms with Crippen LogP contribution in [0.15, 0.2) is 0 Å². The summed E-state index contributed by atoms with van der Waals surface area (Å²) in [6.07, 6.45) is 14.0. The Hall–Kier alpha value is -0.440. The van der Waals surface area contributed by atoms with E-state index < -0.39 is 0 Å². The van der Waals surface area contributed by atoms with Crippen molar-refractivity contribution in [2.45, 2.75) is 102 Å². The highest BCUT2D eigenvalue weighted by molar-refractivity contribution is 4.87. The predicted molar refractivity (Wildman–Crippen MR) is 130 cm³/mol. The maximum Gasteiger partial charge on any atom is 0.117 e. The molecule has 4 aliphatic rings. The van der Waals surface area contributed by atoms with E-state index in [9.17, 15) is 0 Å². The van der Waals surface area contributed by atoms with Crippen molar-refractivity contribution >= 4 is 0 Å². The van der Waals surface area contributed by atoms with Gasteiger partial charge in [-0.15, -0.1) is 0 Å². The van der Waals surface area contributed by atoms with Crippen molar-refractivity contribution in [2.75, 3.05) is 27.6 Å². The van der Waals surface area contributed by atoms with Crippen LogP contribution in [0.25, 0.3) is 0 Å². The Balaban J connectivity index is 1.16. The van der Waals surface area contributed by atoms with E-state index in [2.05, 4.69) is 53.2 Å². The van der Waals surface area contributed by atoms with Crippen molar-refractivity contribution in [1.29, 1.82) is 0 Å². The van der Waals surface area contributed by atoms with Gasteiger partial charge in [-0.2, -0.15) is 0 Å². The Morgan fingerprint density at radius 3 is 1.33 bits per heavy atom. The van der Waals surface area contributed by atoms with Crippen molar-refractivity contribution in [1.82, 2.24) is 53.2 Å². The van der Waals surface area contributed by atoms with Crippen LogP contribution < -0.4 is 53.2 Å². The molecule has 4 fully saturated rings. The van der Waals surface area contributed by atoms with Crippen molar-refractivity contribution in [2.24, 2.45) is 11.8 Å². The molecule has 6 atom stereocenters. The smallest absolute Gasteiger partial charge is 0.117 e. The minimum absolute atomic E-state index is 0.00453. The van der Waals surface area contributed by atoms with E-state index >= 15 is 0 Å². The summed E-state index contributed by atoms with van der Waals surface area (Å²) in [6.45, 7) is 0.913. The van der Waals surface area contributed by atoms with Gasteiger partial charge in [-0.05, 0) is 51.6 Å². The average molecular weight is 469 g/mol. The molecule has 10 N–H and O–H groups in total. The molecule has 2 aliphatic carbocycles. The number of hydrogen-bond acceptors (Lipinski definition) is 11. The second-order valence-corrected chi connectivity index (χ2v) is 9.96. The van der Waals surface area contributed by atoms with E-state index in [1.165, 1.54) is 64.2 Å². The molecule has 0 radical (unpaired) electrons. The fourth-order valence-corrected chi connectivity index (χ4v) is 5.72. The highest BCUT2D eigenvalue weighted by atomic mass is 16.5. The van der Waals surface area contributed by atoms with Gasteiger partial charge in [0.25, 0.3) is 0 Å². The molecule has 192 valence electrons. The quantitative estimate of drug-likeness (QED) is 0.144. The molecule has 11 nitrogen and oxygen atoms in total. The standard InChI is InChI=1S/C22H48N10O/c1-23-19-27-17(15-9-5-3-6-10-15)29-21(31-19)25-13-33-14-26-22-30-18(28-20(24-2)32-22)16-11-7-4-8-12-16/h15-32H,3-14H2,1-2H3. The normalized spacial score (nSPS) is 37.3. The summed E-state index contributed by atoms with van der Waals surface area (Å²) in [4.78, 5) is 0. The molecule has 2 saturated heterocycles. The molecule has 0 aromatic heterocycles. The van der Waals surface area contributed by atoms with E-state index in [1.54, 1.807) is 0 Å². The van der Waals surface area contributed by atoms with Crippen molar-refractivity contribution in [3.8, 4) is 0 Å². The summed E-state index contributed by atoms with van der Waals surface area (Å²) in [5, 5.41) is 35.1. The fourth-order valence-electron chi connectivity index (χ4n) is 5.72. The molecule has 4 rings (SSSR count). The Morgan fingerprint density at radius 2 is 0.939 bits per heavy atom. The highest BCUT2D eigenvalue weighted by Gasteiger charge is 2.33. The van der Waals surface area contributed by atoms with Crippen LogP contribution in [0.3, 0.4) is 0 Å². The summed E-state index contributed by atoms with van der Waals surface area (Å²) < 4.78 is 5.87. The summed E-state index contributed by atoms with van der Waals surface area (Å²) >= 11 is 0. The number of nitrogens with one attached hydrogen (secondary N) is 10. The van der Waals surface area contributed by atoms with Gasteiger partial charge in [0.1, 0.15) is 38.6 Å². The van der Waals surface area contributed by atoms with Gasteiger partial charge in [-0.1, -0.05) is 38.5 Å². The molecule has 11 heteroatoms. The van der Waals surface area contributed by atoms with Crippen molar-refractivity contribution in [3.05, 3.63) is 0 Å². The van der Waals surface area contributed by atoms with Crippen LogP contribution in [0, 0.1) is 11.8 Å². The first-order chi connectivity index (χ1) is 16.2.